The fourth-order valence-corrected chi connectivity index (χ4v) is 2.03. The molecule has 0 atom stereocenters. The number of halogens is 1. The Morgan fingerprint density at radius 3 is 2.52 bits per heavy atom. The van der Waals surface area contributed by atoms with Crippen LogP contribution in [-0.2, 0) is 32.5 Å². The molecular formula is C16H12ClHgN2O. The number of ketones is 1. The van der Waals surface area contributed by atoms with Gasteiger partial charge in [0, 0.05) is 12.0 Å². The van der Waals surface area contributed by atoms with Crippen molar-refractivity contribution in [3.8, 4) is 0 Å². The van der Waals surface area contributed by atoms with Gasteiger partial charge in [-0.15, -0.1) is 5.10 Å². The zero-order chi connectivity index (χ0) is 13.1. The molecule has 1 aromatic carbocycles. The third-order valence-electron chi connectivity index (χ3n) is 3.00. The molecule has 2 aliphatic rings. The molecule has 0 aromatic heterocycles. The molecule has 0 saturated heterocycles. The van der Waals surface area contributed by atoms with E-state index in [-0.39, 0.29) is 45.9 Å². The maximum absolute atomic E-state index is 11.9. The third-order valence-corrected chi connectivity index (χ3v) is 3.00. The van der Waals surface area contributed by atoms with Gasteiger partial charge < -0.3 is 12.4 Å². The van der Waals surface area contributed by atoms with E-state index in [0.29, 0.717) is 5.71 Å². The van der Waals surface area contributed by atoms with Gasteiger partial charge in [-0.2, -0.15) is 5.10 Å². The van der Waals surface area contributed by atoms with Crippen molar-refractivity contribution in [2.24, 2.45) is 10.2 Å². The molecule has 0 bridgehead atoms. The van der Waals surface area contributed by atoms with Crippen LogP contribution in [0.5, 0.6) is 0 Å². The summed E-state index contributed by atoms with van der Waals surface area (Å²) in [4.78, 5) is 11.9. The normalized spacial score (nSPS) is 19.1. The monoisotopic (exact) mass is 485 g/mol. The van der Waals surface area contributed by atoms with Gasteiger partial charge in [0.1, 0.15) is 5.71 Å². The molecule has 0 N–H and O–H groups in total. The van der Waals surface area contributed by atoms with Gasteiger partial charge >= 0.3 is 27.7 Å². The molecule has 0 unspecified atom stereocenters. The van der Waals surface area contributed by atoms with Gasteiger partial charge in [-0.3, -0.25) is 4.79 Å². The topological polar surface area (TPSA) is 41.8 Å². The van der Waals surface area contributed by atoms with Crippen molar-refractivity contribution in [1.82, 2.24) is 0 Å². The first-order valence-corrected chi connectivity index (χ1v) is 6.14. The number of hydrogen-bond donors (Lipinski definition) is 0. The minimum atomic E-state index is -0.0987. The summed E-state index contributed by atoms with van der Waals surface area (Å²) < 4.78 is 0. The third kappa shape index (κ3) is 4.08. The molecule has 21 heavy (non-hydrogen) atoms. The molecule has 0 fully saturated rings. The van der Waals surface area contributed by atoms with Gasteiger partial charge in [0.25, 0.3) is 0 Å². The number of hydrogen-bond acceptors (Lipinski definition) is 3. The summed E-state index contributed by atoms with van der Waals surface area (Å²) in [7, 11) is 0. The zero-order valence-electron chi connectivity index (χ0n) is 11.4. The number of fused-ring (bicyclic) bond motifs is 1. The summed E-state index contributed by atoms with van der Waals surface area (Å²) in [5.41, 5.74) is 3.11. The largest absolute Gasteiger partial charge is 1.00 e. The Hall–Kier alpha value is -1.32. The first kappa shape index (κ1) is 17.7. The Labute approximate surface area is 150 Å². The number of nitrogens with zero attached hydrogens (tertiary/aromatic N) is 2. The minimum absolute atomic E-state index is 0. The van der Waals surface area contributed by atoms with Gasteiger partial charge in [-0.25, -0.2) is 0 Å². The van der Waals surface area contributed by atoms with E-state index in [4.69, 9.17) is 0 Å². The molecule has 1 aromatic rings. The van der Waals surface area contributed by atoms with Crippen molar-refractivity contribution in [2.45, 2.75) is 6.42 Å². The molecule has 2 aliphatic carbocycles. The fourth-order valence-electron chi connectivity index (χ4n) is 2.03. The molecule has 0 amide bonds. The predicted octanol–water partition coefficient (Wildman–Crippen LogP) is -0.0548. The smallest absolute Gasteiger partial charge is 1.00 e. The van der Waals surface area contributed by atoms with Crippen LogP contribution in [0.2, 0.25) is 0 Å². The number of rotatable bonds is 1. The van der Waals surface area contributed by atoms with E-state index in [1.54, 1.807) is 0 Å². The van der Waals surface area contributed by atoms with E-state index in [1.165, 1.54) is 6.08 Å². The maximum atomic E-state index is 11.9. The Balaban J connectivity index is 0.00000110. The number of allylic oxidation sites excluding steroid dienone is 5. The molecule has 5 heteroatoms. The van der Waals surface area contributed by atoms with Crippen molar-refractivity contribution < 1.29 is 44.9 Å². The van der Waals surface area contributed by atoms with Crippen LogP contribution in [0.1, 0.15) is 17.5 Å². The second-order valence-corrected chi connectivity index (χ2v) is 4.32. The molecule has 3 rings (SSSR count). The standard InChI is InChI=1S/C16H12N2O.ClH.Hg/c19-15-11-10-12-6-4-5-9-14(12)16(15)18-17-13-7-2-1-3-8-13;;/h1-7,9-11H,8H2;1H;/q;;+1/p-1/b17-13?,18-16+;;. The van der Waals surface area contributed by atoms with Crippen LogP contribution in [0, 0.1) is 0 Å². The molecule has 1 radical (unpaired) electrons. The summed E-state index contributed by atoms with van der Waals surface area (Å²) in [5.74, 6) is -0.0987. The van der Waals surface area contributed by atoms with E-state index in [0.717, 1.165) is 23.3 Å². The average molecular weight is 484 g/mol. The van der Waals surface area contributed by atoms with Crippen molar-refractivity contribution >= 4 is 23.3 Å². The van der Waals surface area contributed by atoms with E-state index < -0.39 is 0 Å². The molecular weight excluding hydrogens is 472 g/mol. The molecule has 3 nitrogen and oxygen atoms in total. The number of benzene rings is 1. The van der Waals surface area contributed by atoms with Gasteiger partial charge in [-0.1, -0.05) is 48.6 Å². The quantitative estimate of drug-likeness (QED) is 0.407. The second kappa shape index (κ2) is 8.20. The zero-order valence-corrected chi connectivity index (χ0v) is 17.6. The fraction of sp³-hybridized carbons (Fsp3) is 0.0625. The Kier molecular flexibility index (Phi) is 6.92. The summed E-state index contributed by atoms with van der Waals surface area (Å²) in [6, 6.07) is 7.70. The average Bonchev–Trinajstić information content (AvgIpc) is 2.47. The Morgan fingerprint density at radius 1 is 0.952 bits per heavy atom. The van der Waals surface area contributed by atoms with E-state index in [1.807, 2.05) is 54.6 Å². The minimum Gasteiger partial charge on any atom is -1.00 e. The van der Waals surface area contributed by atoms with Gasteiger partial charge in [-0.05, 0) is 17.7 Å². The molecule has 101 valence electrons. The van der Waals surface area contributed by atoms with Crippen molar-refractivity contribution in [2.75, 3.05) is 0 Å². The molecule has 0 spiro atoms. The van der Waals surface area contributed by atoms with Crippen LogP contribution in [0.4, 0.5) is 0 Å². The van der Waals surface area contributed by atoms with Gasteiger partial charge in [0.2, 0.25) is 5.78 Å². The van der Waals surface area contributed by atoms with E-state index >= 15 is 0 Å². The van der Waals surface area contributed by atoms with Crippen LogP contribution in [0.25, 0.3) is 6.08 Å². The van der Waals surface area contributed by atoms with Gasteiger partial charge in [0.15, 0.2) is 0 Å². The molecule has 0 heterocycles. The first-order valence-electron chi connectivity index (χ1n) is 6.14. The van der Waals surface area contributed by atoms with Crippen LogP contribution >= 0.6 is 0 Å². The number of carbonyl (C=O) groups excluding carboxylic acids is 1. The Morgan fingerprint density at radius 2 is 1.76 bits per heavy atom. The van der Waals surface area contributed by atoms with E-state index in [2.05, 4.69) is 10.2 Å². The molecule has 0 aliphatic heterocycles. The summed E-state index contributed by atoms with van der Waals surface area (Å²) in [6.45, 7) is 0. The van der Waals surface area contributed by atoms with E-state index in [9.17, 15) is 4.79 Å². The Bertz CT molecular complexity index is 687. The van der Waals surface area contributed by atoms with Crippen molar-refractivity contribution in [3.63, 3.8) is 0 Å². The second-order valence-electron chi connectivity index (χ2n) is 4.32. The summed E-state index contributed by atoms with van der Waals surface area (Å²) in [6.07, 6.45) is 11.9. The maximum Gasteiger partial charge on any atom is 1.00 e. The first-order chi connectivity index (χ1) is 9.34. The molecule has 0 saturated carbocycles. The number of carbonyl (C=O) groups is 1. The predicted molar refractivity (Wildman–Crippen MR) is 77.4 cm³/mol. The van der Waals surface area contributed by atoms with Crippen molar-refractivity contribution in [3.05, 3.63) is 65.8 Å². The summed E-state index contributed by atoms with van der Waals surface area (Å²) in [5, 5.41) is 8.32. The van der Waals surface area contributed by atoms with Crippen LogP contribution in [0.3, 0.4) is 0 Å². The van der Waals surface area contributed by atoms with Gasteiger partial charge in [0.05, 0.1) is 5.71 Å². The van der Waals surface area contributed by atoms with Crippen LogP contribution in [0.15, 0.2) is 64.8 Å². The summed E-state index contributed by atoms with van der Waals surface area (Å²) >= 11 is 0. The van der Waals surface area contributed by atoms with Crippen LogP contribution in [-0.4, -0.2) is 17.2 Å². The van der Waals surface area contributed by atoms with Crippen LogP contribution < -0.4 is 12.4 Å². The van der Waals surface area contributed by atoms with Crippen molar-refractivity contribution in [1.29, 1.82) is 0 Å². The SMILES string of the molecule is O=C1C=Cc2ccccc2/C1=N\N=C1C=CC=CC1.[Cl-].[Hg+].